The number of ether oxygens (including phenoxy) is 1. The largest absolute Gasteiger partial charge is 0.378 e. The van der Waals surface area contributed by atoms with Crippen molar-refractivity contribution in [2.24, 2.45) is 5.92 Å². The number of hydrogen-bond acceptors (Lipinski definition) is 1. The molecule has 1 rings (SSSR count). The second-order valence-corrected chi connectivity index (χ2v) is 3.31. The minimum Gasteiger partial charge on any atom is -0.378 e. The molecule has 64 valence electrons. The lowest BCUT2D eigenvalue weighted by atomic mass is 9.88. The van der Waals surface area contributed by atoms with E-state index in [2.05, 4.69) is 13.8 Å². The van der Waals surface area contributed by atoms with E-state index < -0.39 is 0 Å². The monoisotopic (exact) mass is 154 g/mol. The van der Waals surface area contributed by atoms with Crippen LogP contribution in [0.5, 0.6) is 0 Å². The van der Waals surface area contributed by atoms with Gasteiger partial charge in [0.1, 0.15) is 0 Å². The Morgan fingerprint density at radius 1 is 1.27 bits per heavy atom. The van der Waals surface area contributed by atoms with Gasteiger partial charge in [-0.2, -0.15) is 0 Å². The molecule has 0 aromatic rings. The van der Waals surface area contributed by atoms with E-state index in [0.717, 1.165) is 13.0 Å². The maximum atomic E-state index is 5.62. The second-order valence-electron chi connectivity index (χ2n) is 3.31. The fourth-order valence-electron chi connectivity index (χ4n) is 1.63. The highest BCUT2D eigenvalue weighted by Crippen LogP contribution is 2.25. The molecule has 1 saturated carbocycles. The van der Waals surface area contributed by atoms with Crippen LogP contribution in [0.15, 0.2) is 0 Å². The Hall–Kier alpha value is -0.0400. The van der Waals surface area contributed by atoms with E-state index in [4.69, 9.17) is 4.74 Å². The van der Waals surface area contributed by atoms with Gasteiger partial charge in [0.15, 0.2) is 0 Å². The number of rotatable bonds is 3. The zero-order chi connectivity index (χ0) is 8.10. The van der Waals surface area contributed by atoms with Gasteiger partial charge in [-0.3, -0.25) is 0 Å². The van der Waals surface area contributed by atoms with Crippen molar-refractivity contribution in [1.29, 1.82) is 0 Å². The molecule has 0 amide bonds. The van der Waals surface area contributed by atoms with Crippen molar-refractivity contribution in [1.82, 2.24) is 0 Å². The molecule has 2 atom stereocenters. The molecule has 0 N–H and O–H groups in total. The highest BCUT2D eigenvalue weighted by Gasteiger charge is 2.21. The van der Waals surface area contributed by atoms with Gasteiger partial charge >= 0.3 is 0 Å². The maximum absolute atomic E-state index is 5.62. The van der Waals surface area contributed by atoms with Crippen LogP contribution in [0.25, 0.3) is 0 Å². The summed E-state index contributed by atoms with van der Waals surface area (Å²) in [6.45, 7) is 8.64. The zero-order valence-electron chi connectivity index (χ0n) is 7.22. The van der Waals surface area contributed by atoms with E-state index in [-0.39, 0.29) is 0 Å². The standard InChI is InChI=1S/C10H18O/c1-3-8-11-10-7-5-4-6-9(10)2/h9-10H,1-8H2. The van der Waals surface area contributed by atoms with Gasteiger partial charge in [-0.05, 0) is 32.1 Å². The van der Waals surface area contributed by atoms with Crippen LogP contribution in [0.1, 0.15) is 32.1 Å². The Kier molecular flexibility index (Phi) is 3.92. The van der Waals surface area contributed by atoms with Crippen molar-refractivity contribution >= 4 is 0 Å². The van der Waals surface area contributed by atoms with Crippen LogP contribution >= 0.6 is 0 Å². The fourth-order valence-corrected chi connectivity index (χ4v) is 1.63. The first-order valence-electron chi connectivity index (χ1n) is 4.58. The van der Waals surface area contributed by atoms with Gasteiger partial charge in [0.25, 0.3) is 0 Å². The van der Waals surface area contributed by atoms with E-state index >= 15 is 0 Å². The predicted octanol–water partition coefficient (Wildman–Crippen LogP) is 2.62. The molecule has 1 fully saturated rings. The Morgan fingerprint density at radius 3 is 2.64 bits per heavy atom. The van der Waals surface area contributed by atoms with Crippen molar-refractivity contribution < 1.29 is 4.74 Å². The van der Waals surface area contributed by atoms with Gasteiger partial charge in [-0.1, -0.05) is 19.8 Å². The fraction of sp³-hybridized carbons (Fsp3) is 0.800. The molecule has 1 heteroatoms. The normalized spacial score (nSPS) is 32.2. The first kappa shape index (κ1) is 9.05. The molecule has 0 saturated heterocycles. The molecule has 0 aliphatic heterocycles. The van der Waals surface area contributed by atoms with Gasteiger partial charge in [0.2, 0.25) is 0 Å². The van der Waals surface area contributed by atoms with Crippen LogP contribution in [0.2, 0.25) is 0 Å². The molecule has 1 aliphatic carbocycles. The summed E-state index contributed by atoms with van der Waals surface area (Å²) in [5.41, 5.74) is 0. The van der Waals surface area contributed by atoms with Crippen LogP contribution in [0.3, 0.4) is 0 Å². The molecule has 0 spiro atoms. The van der Waals surface area contributed by atoms with Crippen LogP contribution in [0, 0.1) is 19.8 Å². The van der Waals surface area contributed by atoms with E-state index in [9.17, 15) is 0 Å². The lowest BCUT2D eigenvalue weighted by Crippen LogP contribution is -2.25. The van der Waals surface area contributed by atoms with Crippen molar-refractivity contribution in [3.63, 3.8) is 0 Å². The Morgan fingerprint density at radius 2 is 2.00 bits per heavy atom. The molecule has 2 radical (unpaired) electrons. The summed E-state index contributed by atoms with van der Waals surface area (Å²) >= 11 is 0. The van der Waals surface area contributed by atoms with Gasteiger partial charge in [-0.15, -0.1) is 0 Å². The Balaban J connectivity index is 2.18. The lowest BCUT2D eigenvalue weighted by molar-refractivity contribution is 0.00519. The minimum absolute atomic E-state index is 0.422. The summed E-state index contributed by atoms with van der Waals surface area (Å²) in [6.07, 6.45) is 6.39. The van der Waals surface area contributed by atoms with E-state index in [1.807, 2.05) is 0 Å². The molecular weight excluding hydrogens is 136 g/mol. The molecule has 11 heavy (non-hydrogen) atoms. The molecule has 0 aromatic carbocycles. The van der Waals surface area contributed by atoms with Gasteiger partial charge in [-0.25, -0.2) is 0 Å². The average Bonchev–Trinajstić information content (AvgIpc) is 2.03. The van der Waals surface area contributed by atoms with Crippen molar-refractivity contribution in [3.8, 4) is 0 Å². The van der Waals surface area contributed by atoms with E-state index in [1.54, 1.807) is 0 Å². The molecule has 1 aliphatic rings. The maximum Gasteiger partial charge on any atom is 0.0603 e. The van der Waals surface area contributed by atoms with E-state index in [1.165, 1.54) is 25.7 Å². The van der Waals surface area contributed by atoms with Crippen molar-refractivity contribution in [2.75, 3.05) is 6.61 Å². The first-order valence-corrected chi connectivity index (χ1v) is 4.58. The van der Waals surface area contributed by atoms with Crippen LogP contribution in [0.4, 0.5) is 0 Å². The summed E-state index contributed by atoms with van der Waals surface area (Å²) < 4.78 is 5.62. The van der Waals surface area contributed by atoms with Gasteiger partial charge < -0.3 is 4.74 Å². The average molecular weight is 154 g/mol. The molecule has 0 heterocycles. The summed E-state index contributed by atoms with van der Waals surface area (Å²) in [4.78, 5) is 0. The molecule has 0 bridgehead atoms. The molecule has 1 nitrogen and oxygen atoms in total. The topological polar surface area (TPSA) is 9.23 Å². The minimum atomic E-state index is 0.422. The Bertz CT molecular complexity index is 101. The third-order valence-electron chi connectivity index (χ3n) is 2.32. The first-order chi connectivity index (χ1) is 5.34. The van der Waals surface area contributed by atoms with Crippen LogP contribution in [-0.4, -0.2) is 12.7 Å². The van der Waals surface area contributed by atoms with Crippen LogP contribution in [-0.2, 0) is 4.74 Å². The van der Waals surface area contributed by atoms with Crippen molar-refractivity contribution in [2.45, 2.75) is 38.2 Å². The zero-order valence-corrected chi connectivity index (χ0v) is 7.22. The summed E-state index contributed by atoms with van der Waals surface area (Å²) in [7, 11) is 0. The van der Waals surface area contributed by atoms with Crippen LogP contribution < -0.4 is 0 Å². The molecular formula is C10H18O. The smallest absolute Gasteiger partial charge is 0.0603 e. The Labute approximate surface area is 70.1 Å². The van der Waals surface area contributed by atoms with Gasteiger partial charge in [0, 0.05) is 6.61 Å². The molecule has 0 aromatic heterocycles. The highest BCUT2D eigenvalue weighted by atomic mass is 16.5. The molecule has 2 unspecified atom stereocenters. The predicted molar refractivity (Wildman–Crippen MR) is 47.0 cm³/mol. The van der Waals surface area contributed by atoms with E-state index in [0.29, 0.717) is 12.0 Å². The highest BCUT2D eigenvalue weighted by molar-refractivity contribution is 4.77. The second kappa shape index (κ2) is 4.76. The lowest BCUT2D eigenvalue weighted by Gasteiger charge is -2.28. The SMILES string of the molecule is [CH2]CCOC1CCCCC1[CH2]. The third-order valence-corrected chi connectivity index (χ3v) is 2.32. The summed E-state index contributed by atoms with van der Waals surface area (Å²) in [5.74, 6) is 0.523. The summed E-state index contributed by atoms with van der Waals surface area (Å²) in [5, 5.41) is 0. The third kappa shape index (κ3) is 2.82. The van der Waals surface area contributed by atoms with Gasteiger partial charge in [0.05, 0.1) is 6.10 Å². The quantitative estimate of drug-likeness (QED) is 0.607. The van der Waals surface area contributed by atoms with Crippen molar-refractivity contribution in [3.05, 3.63) is 13.8 Å². The number of hydrogen-bond donors (Lipinski definition) is 0. The summed E-state index contributed by atoms with van der Waals surface area (Å²) in [6, 6.07) is 0.